The van der Waals surface area contributed by atoms with Gasteiger partial charge in [-0.25, -0.2) is 4.39 Å². The lowest BCUT2D eigenvalue weighted by molar-refractivity contribution is -0.138. The third-order valence-corrected chi connectivity index (χ3v) is 5.56. The predicted octanol–water partition coefficient (Wildman–Crippen LogP) is 6.07. The number of carboxylic acid groups (broad SMARTS) is 1. The van der Waals surface area contributed by atoms with E-state index >= 15 is 0 Å². The molecule has 0 heterocycles. The molecule has 36 heavy (non-hydrogen) atoms. The molecule has 5 nitrogen and oxygen atoms in total. The summed E-state index contributed by atoms with van der Waals surface area (Å²) in [5.74, 6) is 0.260. The van der Waals surface area contributed by atoms with Crippen LogP contribution in [0.5, 0.6) is 11.5 Å². The van der Waals surface area contributed by atoms with Gasteiger partial charge in [-0.3, -0.25) is 9.69 Å². The van der Waals surface area contributed by atoms with Crippen molar-refractivity contribution in [3.8, 4) is 11.5 Å². The topological polar surface area (TPSA) is 59.0 Å². The van der Waals surface area contributed by atoms with Crippen LogP contribution in [0.15, 0.2) is 103 Å². The zero-order valence-electron chi connectivity index (χ0n) is 19.8. The van der Waals surface area contributed by atoms with E-state index in [9.17, 15) is 14.3 Å². The largest absolute Gasteiger partial charge is 0.489 e. The summed E-state index contributed by atoms with van der Waals surface area (Å²) in [6.45, 7) is 1.57. The van der Waals surface area contributed by atoms with Gasteiger partial charge in [-0.15, -0.1) is 0 Å². The molecule has 0 saturated heterocycles. The second-order valence-electron chi connectivity index (χ2n) is 8.52. The Bertz CT molecular complexity index is 1240. The van der Waals surface area contributed by atoms with Crippen LogP contribution in [0.1, 0.15) is 22.3 Å². The van der Waals surface area contributed by atoms with Gasteiger partial charge in [0.15, 0.2) is 0 Å². The van der Waals surface area contributed by atoms with E-state index in [0.717, 1.165) is 33.8 Å². The van der Waals surface area contributed by atoms with Crippen LogP contribution in [-0.4, -0.2) is 22.5 Å². The molecular formula is C30H28FNO4. The van der Waals surface area contributed by atoms with Gasteiger partial charge >= 0.3 is 5.97 Å². The summed E-state index contributed by atoms with van der Waals surface area (Å²) in [6.07, 6.45) is 0. The van der Waals surface area contributed by atoms with Crippen molar-refractivity contribution in [2.45, 2.75) is 26.3 Å². The van der Waals surface area contributed by atoms with Crippen LogP contribution in [0, 0.1) is 5.82 Å². The van der Waals surface area contributed by atoms with Crippen molar-refractivity contribution in [2.24, 2.45) is 0 Å². The Morgan fingerprint density at radius 3 is 1.78 bits per heavy atom. The highest BCUT2D eigenvalue weighted by Crippen LogP contribution is 2.19. The van der Waals surface area contributed by atoms with Gasteiger partial charge in [0.1, 0.15) is 30.5 Å². The molecule has 1 N–H and O–H groups in total. The first-order valence-corrected chi connectivity index (χ1v) is 11.7. The summed E-state index contributed by atoms with van der Waals surface area (Å²) in [4.78, 5) is 13.1. The summed E-state index contributed by atoms with van der Waals surface area (Å²) in [5.41, 5.74) is 3.81. The number of hydrogen-bond acceptors (Lipinski definition) is 4. The molecule has 0 amide bonds. The lowest BCUT2D eigenvalue weighted by Gasteiger charge is -2.20. The van der Waals surface area contributed by atoms with E-state index < -0.39 is 5.97 Å². The van der Waals surface area contributed by atoms with E-state index in [-0.39, 0.29) is 12.4 Å². The number of carboxylic acids is 1. The first-order chi connectivity index (χ1) is 17.5. The first kappa shape index (κ1) is 24.9. The van der Waals surface area contributed by atoms with E-state index in [1.807, 2.05) is 78.9 Å². The van der Waals surface area contributed by atoms with Gasteiger partial charge in [-0.2, -0.15) is 0 Å². The number of nitrogens with zero attached hydrogens (tertiary/aromatic N) is 1. The van der Waals surface area contributed by atoms with Crippen LogP contribution < -0.4 is 9.47 Å². The molecule has 0 saturated carbocycles. The van der Waals surface area contributed by atoms with E-state index in [4.69, 9.17) is 9.47 Å². The number of carbonyl (C=O) groups is 1. The van der Waals surface area contributed by atoms with Crippen LogP contribution in [0.2, 0.25) is 0 Å². The number of halogens is 1. The smallest absolute Gasteiger partial charge is 0.317 e. The number of benzene rings is 4. The minimum absolute atomic E-state index is 0.139. The number of ether oxygens (including phenoxy) is 2. The molecule has 0 fully saturated rings. The van der Waals surface area contributed by atoms with Crippen molar-refractivity contribution in [3.05, 3.63) is 131 Å². The highest BCUT2D eigenvalue weighted by molar-refractivity contribution is 5.69. The molecule has 4 aromatic rings. The van der Waals surface area contributed by atoms with Gasteiger partial charge in [-0.1, -0.05) is 66.7 Å². The summed E-state index contributed by atoms with van der Waals surface area (Å²) in [5, 5.41) is 9.27. The van der Waals surface area contributed by atoms with Gasteiger partial charge in [-0.05, 0) is 58.7 Å². The van der Waals surface area contributed by atoms with Gasteiger partial charge in [0.2, 0.25) is 0 Å². The minimum Gasteiger partial charge on any atom is -0.489 e. The van der Waals surface area contributed by atoms with E-state index in [0.29, 0.717) is 26.3 Å². The molecule has 0 bridgehead atoms. The molecule has 184 valence electrons. The minimum atomic E-state index is -0.928. The van der Waals surface area contributed by atoms with E-state index in [2.05, 4.69) is 0 Å². The molecule has 0 atom stereocenters. The van der Waals surface area contributed by atoms with Crippen molar-refractivity contribution >= 4 is 5.97 Å². The maximum atomic E-state index is 13.5. The van der Waals surface area contributed by atoms with Crippen LogP contribution in [0.25, 0.3) is 0 Å². The van der Waals surface area contributed by atoms with Crippen LogP contribution in [0.3, 0.4) is 0 Å². The lowest BCUT2D eigenvalue weighted by atomic mass is 10.1. The van der Waals surface area contributed by atoms with Gasteiger partial charge in [0.25, 0.3) is 0 Å². The van der Waals surface area contributed by atoms with Crippen LogP contribution >= 0.6 is 0 Å². The Morgan fingerprint density at radius 2 is 1.19 bits per heavy atom. The normalized spacial score (nSPS) is 10.8. The summed E-state index contributed by atoms with van der Waals surface area (Å²) in [7, 11) is 0. The van der Waals surface area contributed by atoms with Crippen LogP contribution in [-0.2, 0) is 31.1 Å². The fourth-order valence-corrected chi connectivity index (χ4v) is 3.79. The molecule has 0 aliphatic rings. The number of hydrogen-bond donors (Lipinski definition) is 1. The maximum absolute atomic E-state index is 13.5. The van der Waals surface area contributed by atoms with Gasteiger partial charge in [0.05, 0.1) is 6.54 Å². The second kappa shape index (κ2) is 12.5. The van der Waals surface area contributed by atoms with E-state index in [1.165, 1.54) is 12.1 Å². The molecule has 0 aliphatic heterocycles. The average Bonchev–Trinajstić information content (AvgIpc) is 2.88. The number of rotatable bonds is 12. The molecular weight excluding hydrogens is 457 g/mol. The van der Waals surface area contributed by atoms with Crippen molar-refractivity contribution < 1.29 is 23.8 Å². The Morgan fingerprint density at radius 1 is 0.667 bits per heavy atom. The first-order valence-electron chi connectivity index (χ1n) is 11.7. The van der Waals surface area contributed by atoms with Crippen molar-refractivity contribution in [3.63, 3.8) is 0 Å². The molecule has 4 aromatic carbocycles. The molecule has 0 radical (unpaired) electrons. The zero-order valence-corrected chi connectivity index (χ0v) is 19.8. The molecule has 0 spiro atoms. The SMILES string of the molecule is O=C(O)CN(Cc1ccc(OCc2ccc(OCc3ccccc3)cc2)cc1)Cc1cccc(F)c1. The lowest BCUT2D eigenvalue weighted by Crippen LogP contribution is -2.29. The summed E-state index contributed by atoms with van der Waals surface area (Å²) >= 11 is 0. The molecule has 0 unspecified atom stereocenters. The van der Waals surface area contributed by atoms with Crippen molar-refractivity contribution in [1.82, 2.24) is 4.90 Å². The predicted molar refractivity (Wildman–Crippen MR) is 136 cm³/mol. The summed E-state index contributed by atoms with van der Waals surface area (Å²) < 4.78 is 25.2. The average molecular weight is 486 g/mol. The van der Waals surface area contributed by atoms with Crippen molar-refractivity contribution in [1.29, 1.82) is 0 Å². The van der Waals surface area contributed by atoms with Crippen LogP contribution in [0.4, 0.5) is 4.39 Å². The summed E-state index contributed by atoms with van der Waals surface area (Å²) in [6, 6.07) is 31.6. The standard InChI is InChI=1S/C30H28FNO4/c31-27-8-4-7-26(17-27)19-32(20-30(33)34)18-23-9-13-28(14-10-23)36-22-25-11-15-29(16-12-25)35-21-24-5-2-1-3-6-24/h1-17H,18-22H2,(H,33,34). The molecule has 0 aromatic heterocycles. The van der Waals surface area contributed by atoms with Gasteiger partial charge < -0.3 is 14.6 Å². The quantitative estimate of drug-likeness (QED) is 0.264. The Balaban J connectivity index is 1.28. The maximum Gasteiger partial charge on any atom is 0.317 e. The Kier molecular flexibility index (Phi) is 8.67. The Labute approximate surface area is 210 Å². The monoisotopic (exact) mass is 485 g/mol. The second-order valence-corrected chi connectivity index (χ2v) is 8.52. The molecule has 6 heteroatoms. The fraction of sp³-hybridized carbons (Fsp3) is 0.167. The van der Waals surface area contributed by atoms with Crippen molar-refractivity contribution in [2.75, 3.05) is 6.54 Å². The number of aliphatic carboxylic acids is 1. The Hall–Kier alpha value is -4.16. The molecule has 0 aliphatic carbocycles. The zero-order chi connectivity index (χ0) is 25.2. The van der Waals surface area contributed by atoms with Gasteiger partial charge in [0, 0.05) is 13.1 Å². The third kappa shape index (κ3) is 7.96. The molecule has 4 rings (SSSR count). The van der Waals surface area contributed by atoms with E-state index in [1.54, 1.807) is 17.0 Å². The highest BCUT2D eigenvalue weighted by Gasteiger charge is 2.12. The fourth-order valence-electron chi connectivity index (χ4n) is 3.79. The highest BCUT2D eigenvalue weighted by atomic mass is 19.1. The third-order valence-electron chi connectivity index (χ3n) is 5.56.